The van der Waals surface area contributed by atoms with Gasteiger partial charge in [0, 0.05) is 32.8 Å². The minimum Gasteiger partial charge on any atom is -0.490 e. The summed E-state index contributed by atoms with van der Waals surface area (Å²) in [5, 5.41) is 3.34. The van der Waals surface area contributed by atoms with Crippen molar-refractivity contribution in [1.29, 1.82) is 0 Å². The van der Waals surface area contributed by atoms with Crippen molar-refractivity contribution in [2.75, 3.05) is 13.2 Å². The molecular formula is C31H27BrINO5. The van der Waals surface area contributed by atoms with Crippen molar-refractivity contribution >= 4 is 56.0 Å². The van der Waals surface area contributed by atoms with Gasteiger partial charge in [0.1, 0.15) is 6.61 Å². The zero-order valence-corrected chi connectivity index (χ0v) is 25.5. The van der Waals surface area contributed by atoms with Crippen molar-refractivity contribution in [3.05, 3.63) is 108 Å². The molecule has 5 rings (SSSR count). The van der Waals surface area contributed by atoms with Gasteiger partial charge in [0.05, 0.1) is 28.1 Å². The van der Waals surface area contributed by atoms with Crippen LogP contribution < -0.4 is 14.8 Å². The Morgan fingerprint density at radius 1 is 1.00 bits per heavy atom. The van der Waals surface area contributed by atoms with Gasteiger partial charge < -0.3 is 19.5 Å². The maximum Gasteiger partial charge on any atom is 0.336 e. The molecule has 3 aromatic carbocycles. The molecule has 2 aliphatic rings. The van der Waals surface area contributed by atoms with Crippen LogP contribution in [0.4, 0.5) is 0 Å². The molecule has 1 atom stereocenters. The van der Waals surface area contributed by atoms with Crippen molar-refractivity contribution in [3.63, 3.8) is 0 Å². The van der Waals surface area contributed by atoms with Gasteiger partial charge in [-0.1, -0.05) is 52.3 Å². The first kappa shape index (κ1) is 27.5. The van der Waals surface area contributed by atoms with Crippen molar-refractivity contribution in [2.45, 2.75) is 33.3 Å². The zero-order chi connectivity index (χ0) is 27.7. The molecule has 200 valence electrons. The Morgan fingerprint density at radius 2 is 1.72 bits per heavy atom. The highest BCUT2D eigenvalue weighted by Gasteiger charge is 2.43. The van der Waals surface area contributed by atoms with E-state index in [-0.39, 0.29) is 12.4 Å². The van der Waals surface area contributed by atoms with E-state index < -0.39 is 11.9 Å². The number of halogens is 2. The minimum absolute atomic E-state index is 0.101. The molecule has 0 spiro atoms. The fraction of sp³-hybridized carbons (Fsp3) is 0.226. The van der Waals surface area contributed by atoms with E-state index in [1.807, 2.05) is 74.5 Å². The van der Waals surface area contributed by atoms with E-state index in [4.69, 9.17) is 14.2 Å². The molecule has 8 heteroatoms. The number of hydrogen-bond acceptors (Lipinski definition) is 6. The summed E-state index contributed by atoms with van der Waals surface area (Å²) in [6.07, 6.45) is 0. The molecule has 0 radical (unpaired) electrons. The Morgan fingerprint density at radius 3 is 2.41 bits per heavy atom. The monoisotopic (exact) mass is 699 g/mol. The predicted molar refractivity (Wildman–Crippen MR) is 162 cm³/mol. The van der Waals surface area contributed by atoms with Crippen molar-refractivity contribution in [3.8, 4) is 11.5 Å². The minimum atomic E-state index is -0.631. The van der Waals surface area contributed by atoms with Gasteiger partial charge in [-0.3, -0.25) is 4.79 Å². The Bertz CT molecular complexity index is 1530. The molecule has 1 aliphatic heterocycles. The highest BCUT2D eigenvalue weighted by atomic mass is 127. The highest BCUT2D eigenvalue weighted by molar-refractivity contribution is 14.1. The van der Waals surface area contributed by atoms with Crippen LogP contribution in [0.5, 0.6) is 11.5 Å². The molecule has 1 N–H and O–H groups in total. The van der Waals surface area contributed by atoms with Gasteiger partial charge in [-0.05, 0) is 78.8 Å². The summed E-state index contributed by atoms with van der Waals surface area (Å²) < 4.78 is 19.6. The summed E-state index contributed by atoms with van der Waals surface area (Å²) in [4.78, 5) is 27.1. The van der Waals surface area contributed by atoms with Crippen LogP contribution >= 0.6 is 38.5 Å². The Balaban J connectivity index is 1.61. The number of carbonyl (C=O) groups excluding carboxylic acids is 2. The molecule has 1 heterocycles. The normalized spacial score (nSPS) is 16.0. The number of rotatable bonds is 8. The third kappa shape index (κ3) is 5.24. The second kappa shape index (κ2) is 11.6. The van der Waals surface area contributed by atoms with Crippen LogP contribution in [0.1, 0.15) is 53.7 Å². The number of carbonyl (C=O) groups is 2. The number of Topliss-reactive ketones (excluding diaryl/α,β-unsaturated/α-hetero) is 1. The first-order chi connectivity index (χ1) is 18.8. The topological polar surface area (TPSA) is 73.9 Å². The number of dihydropyridines is 1. The van der Waals surface area contributed by atoms with Crippen molar-refractivity contribution < 1.29 is 23.8 Å². The van der Waals surface area contributed by atoms with Gasteiger partial charge in [0.25, 0.3) is 0 Å². The van der Waals surface area contributed by atoms with E-state index in [0.29, 0.717) is 47.1 Å². The van der Waals surface area contributed by atoms with E-state index in [0.717, 1.165) is 30.4 Å². The maximum absolute atomic E-state index is 13.8. The number of ether oxygens (including phenoxy) is 3. The predicted octanol–water partition coefficient (Wildman–Crippen LogP) is 7.16. The van der Waals surface area contributed by atoms with E-state index >= 15 is 0 Å². The van der Waals surface area contributed by atoms with Gasteiger partial charge in [-0.25, -0.2) is 4.79 Å². The van der Waals surface area contributed by atoms with Crippen molar-refractivity contribution in [1.82, 2.24) is 5.32 Å². The average Bonchev–Trinajstić information content (AvgIpc) is 3.20. The van der Waals surface area contributed by atoms with Crippen LogP contribution in [0.2, 0.25) is 0 Å². The summed E-state index contributed by atoms with van der Waals surface area (Å²) >= 11 is 5.69. The maximum atomic E-state index is 13.8. The van der Waals surface area contributed by atoms with E-state index in [1.165, 1.54) is 0 Å². The van der Waals surface area contributed by atoms with Crippen LogP contribution in [-0.4, -0.2) is 25.0 Å². The Hall–Kier alpha value is -3.11. The second-order valence-corrected chi connectivity index (χ2v) is 11.2. The summed E-state index contributed by atoms with van der Waals surface area (Å²) in [5.41, 5.74) is 5.57. The number of ketones is 1. The third-order valence-corrected chi connectivity index (χ3v) is 8.04. The molecule has 0 unspecified atom stereocenters. The largest absolute Gasteiger partial charge is 0.490 e. The van der Waals surface area contributed by atoms with Gasteiger partial charge in [0.2, 0.25) is 0 Å². The molecule has 39 heavy (non-hydrogen) atoms. The van der Waals surface area contributed by atoms with Crippen LogP contribution in [0, 0.1) is 3.57 Å². The third-order valence-electron chi connectivity index (χ3n) is 6.71. The quantitative estimate of drug-likeness (QED) is 0.199. The average molecular weight is 700 g/mol. The van der Waals surface area contributed by atoms with Crippen LogP contribution in [0.25, 0.3) is 5.70 Å². The van der Waals surface area contributed by atoms with Gasteiger partial charge in [-0.2, -0.15) is 0 Å². The lowest BCUT2D eigenvalue weighted by molar-refractivity contribution is -0.138. The summed E-state index contributed by atoms with van der Waals surface area (Å²) in [6.45, 7) is 6.55. The lowest BCUT2D eigenvalue weighted by atomic mass is 9.79. The molecule has 6 nitrogen and oxygen atoms in total. The highest BCUT2D eigenvalue weighted by Crippen LogP contribution is 2.48. The zero-order valence-electron chi connectivity index (χ0n) is 21.8. The molecule has 0 saturated heterocycles. The van der Waals surface area contributed by atoms with Crippen LogP contribution in [0.15, 0.2) is 82.0 Å². The summed E-state index contributed by atoms with van der Waals surface area (Å²) in [6, 6.07) is 19.3. The number of hydrogen-bond donors (Lipinski definition) is 1. The molecule has 1 aliphatic carbocycles. The molecule has 0 aromatic heterocycles. The summed E-state index contributed by atoms with van der Waals surface area (Å²) in [7, 11) is 0. The van der Waals surface area contributed by atoms with Crippen molar-refractivity contribution in [2.24, 2.45) is 0 Å². The molecular weight excluding hydrogens is 673 g/mol. The molecule has 0 amide bonds. The molecule has 0 saturated carbocycles. The Kier molecular flexibility index (Phi) is 8.13. The summed E-state index contributed by atoms with van der Waals surface area (Å²) in [5.74, 6) is -0.0107. The molecule has 0 bridgehead atoms. The molecule has 3 aromatic rings. The smallest absolute Gasteiger partial charge is 0.336 e. The number of fused-ring (bicyclic) bond motifs is 2. The van der Waals surface area contributed by atoms with Crippen LogP contribution in [0.3, 0.4) is 0 Å². The van der Waals surface area contributed by atoms with E-state index in [2.05, 4.69) is 43.8 Å². The van der Waals surface area contributed by atoms with E-state index in [9.17, 15) is 9.59 Å². The second-order valence-electron chi connectivity index (χ2n) is 9.16. The lowest BCUT2D eigenvalue weighted by Crippen LogP contribution is -2.29. The number of nitrogens with one attached hydrogen (secondary N) is 1. The first-order valence-electron chi connectivity index (χ1n) is 12.7. The fourth-order valence-corrected chi connectivity index (χ4v) is 6.08. The van der Waals surface area contributed by atoms with Gasteiger partial charge >= 0.3 is 5.97 Å². The lowest BCUT2D eigenvalue weighted by Gasteiger charge is -2.30. The van der Waals surface area contributed by atoms with Gasteiger partial charge in [0.15, 0.2) is 17.3 Å². The number of benzene rings is 3. The van der Waals surface area contributed by atoms with Gasteiger partial charge in [-0.15, -0.1) is 0 Å². The number of esters is 1. The Labute approximate surface area is 249 Å². The SMILES string of the molecule is CCOC(=O)C1=C(C)NC2=C(C(=O)c3ccccc32)[C@H]1c1cc(I)c(OCc2ccc(Br)cc2)c(OCC)c1. The standard InChI is InChI=1S/C31H27BrINO5/c1-4-37-24-15-19(14-23(33)30(24)39-16-18-10-12-20(32)13-11-18)26-25(31(36)38-5-2)17(3)34-28-21-8-6-7-9-22(21)29(35)27(26)28/h6-15,26,34H,4-5,16H2,1-3H3/t26-/m0/s1. The van der Waals surface area contributed by atoms with Crippen LogP contribution in [-0.2, 0) is 16.1 Å². The molecule has 0 fully saturated rings. The number of allylic oxidation sites excluding steroid dienone is 2. The fourth-order valence-electron chi connectivity index (χ4n) is 5.04. The first-order valence-corrected chi connectivity index (χ1v) is 14.6. The van der Waals surface area contributed by atoms with E-state index in [1.54, 1.807) is 6.92 Å².